The molecule has 2 aromatic heterocycles. The van der Waals surface area contributed by atoms with Gasteiger partial charge in [-0.3, -0.25) is 14.4 Å². The minimum Gasteiger partial charge on any atom is -0.455 e. The molecule has 25 heavy (non-hydrogen) atoms. The molecule has 6 heteroatoms. The molecule has 3 heterocycles. The molecule has 1 atom stereocenters. The summed E-state index contributed by atoms with van der Waals surface area (Å²) < 4.78 is 7.77. The number of aromatic nitrogens is 2. The lowest BCUT2D eigenvalue weighted by molar-refractivity contribution is 0.0685. The normalized spacial score (nSPS) is 17.6. The average Bonchev–Trinajstić information content (AvgIpc) is 3.34. The highest BCUT2D eigenvalue weighted by Crippen LogP contribution is 2.23. The summed E-state index contributed by atoms with van der Waals surface area (Å²) in [5.74, 6) is 1.30. The van der Waals surface area contributed by atoms with Crippen LogP contribution in [0.1, 0.15) is 48.6 Å². The Balaban J connectivity index is 1.66. The van der Waals surface area contributed by atoms with Crippen LogP contribution in [0.3, 0.4) is 0 Å². The van der Waals surface area contributed by atoms with E-state index >= 15 is 0 Å². The van der Waals surface area contributed by atoms with Crippen LogP contribution in [0.5, 0.6) is 0 Å². The van der Waals surface area contributed by atoms with Crippen molar-refractivity contribution in [3.05, 3.63) is 41.6 Å². The number of carbonyl (C=O) groups excluding carboxylic acids is 1. The summed E-state index contributed by atoms with van der Waals surface area (Å²) in [7, 11) is 0. The zero-order chi connectivity index (χ0) is 17.8. The highest BCUT2D eigenvalue weighted by atomic mass is 16.4. The Morgan fingerprint density at radius 3 is 2.84 bits per heavy atom. The fourth-order valence-corrected chi connectivity index (χ4v) is 3.46. The highest BCUT2D eigenvalue weighted by molar-refractivity contribution is 5.92. The van der Waals surface area contributed by atoms with Crippen LogP contribution in [0.25, 0.3) is 0 Å². The van der Waals surface area contributed by atoms with Crippen LogP contribution in [0.2, 0.25) is 0 Å². The van der Waals surface area contributed by atoms with E-state index in [1.165, 1.54) is 0 Å². The molecule has 0 aliphatic carbocycles. The maximum absolute atomic E-state index is 12.9. The van der Waals surface area contributed by atoms with Gasteiger partial charge >= 0.3 is 0 Å². The van der Waals surface area contributed by atoms with Gasteiger partial charge in [0, 0.05) is 12.7 Å². The van der Waals surface area contributed by atoms with Crippen LogP contribution < -0.4 is 0 Å². The molecular formula is C19H28N4O2. The lowest BCUT2D eigenvalue weighted by Crippen LogP contribution is -2.38. The predicted octanol–water partition coefficient (Wildman–Crippen LogP) is 2.93. The van der Waals surface area contributed by atoms with Crippen LogP contribution in [0.15, 0.2) is 28.9 Å². The summed E-state index contributed by atoms with van der Waals surface area (Å²) in [5.41, 5.74) is 1.14. The summed E-state index contributed by atoms with van der Waals surface area (Å²) in [6.45, 7) is 10.5. The minimum atomic E-state index is -0.00262. The lowest BCUT2D eigenvalue weighted by Gasteiger charge is -2.23. The molecule has 136 valence electrons. The number of hydrogen-bond acceptors (Lipinski definition) is 4. The van der Waals surface area contributed by atoms with Crippen LogP contribution in [-0.2, 0) is 13.1 Å². The summed E-state index contributed by atoms with van der Waals surface area (Å²) in [6.07, 6.45) is 5.92. The summed E-state index contributed by atoms with van der Waals surface area (Å²) in [4.78, 5) is 17.1. The molecular weight excluding hydrogens is 316 g/mol. The van der Waals surface area contributed by atoms with Gasteiger partial charge in [0.25, 0.3) is 5.91 Å². The summed E-state index contributed by atoms with van der Waals surface area (Å²) in [6, 6.07) is 3.92. The number of carbonyl (C=O) groups is 1. The van der Waals surface area contributed by atoms with Gasteiger partial charge in [0.15, 0.2) is 5.76 Å². The zero-order valence-corrected chi connectivity index (χ0v) is 15.4. The fourth-order valence-electron chi connectivity index (χ4n) is 3.46. The van der Waals surface area contributed by atoms with Crippen LogP contribution in [0, 0.1) is 6.92 Å². The van der Waals surface area contributed by atoms with E-state index in [1.807, 2.05) is 41.0 Å². The molecule has 0 aromatic carbocycles. The molecule has 3 rings (SSSR count). The van der Waals surface area contributed by atoms with Gasteiger partial charge in [0.1, 0.15) is 5.76 Å². The Hall–Kier alpha value is -2.08. The van der Waals surface area contributed by atoms with E-state index in [0.717, 1.165) is 56.9 Å². The molecule has 0 radical (unpaired) electrons. The lowest BCUT2D eigenvalue weighted by atomic mass is 10.2. The number of nitrogens with zero attached hydrogens (tertiary/aromatic N) is 4. The first-order chi connectivity index (χ1) is 12.1. The second-order valence-corrected chi connectivity index (χ2v) is 6.76. The van der Waals surface area contributed by atoms with E-state index in [2.05, 4.69) is 23.8 Å². The monoisotopic (exact) mass is 344 g/mol. The summed E-state index contributed by atoms with van der Waals surface area (Å²) >= 11 is 0. The second-order valence-electron chi connectivity index (χ2n) is 6.76. The van der Waals surface area contributed by atoms with Crippen molar-refractivity contribution >= 4 is 5.91 Å². The van der Waals surface area contributed by atoms with Crippen LogP contribution >= 0.6 is 0 Å². The van der Waals surface area contributed by atoms with Crippen molar-refractivity contribution in [3.63, 3.8) is 0 Å². The molecule has 0 spiro atoms. The Bertz CT molecular complexity index is 702. The third-order valence-electron chi connectivity index (χ3n) is 4.94. The quantitative estimate of drug-likeness (QED) is 0.775. The van der Waals surface area contributed by atoms with E-state index in [4.69, 9.17) is 4.42 Å². The van der Waals surface area contributed by atoms with E-state index in [9.17, 15) is 4.79 Å². The van der Waals surface area contributed by atoms with E-state index in [0.29, 0.717) is 5.76 Å². The average molecular weight is 344 g/mol. The Morgan fingerprint density at radius 1 is 1.36 bits per heavy atom. The first-order valence-electron chi connectivity index (χ1n) is 9.21. The number of rotatable bonds is 7. The molecule has 1 amide bonds. The Labute approximate surface area is 149 Å². The molecule has 0 saturated carbocycles. The maximum atomic E-state index is 12.9. The van der Waals surface area contributed by atoms with Crippen molar-refractivity contribution in [3.8, 4) is 0 Å². The van der Waals surface area contributed by atoms with Crippen molar-refractivity contribution in [1.29, 1.82) is 0 Å². The first kappa shape index (κ1) is 17.7. The minimum absolute atomic E-state index is 0.00262. The van der Waals surface area contributed by atoms with Gasteiger partial charge in [-0.15, -0.1) is 0 Å². The van der Waals surface area contributed by atoms with Gasteiger partial charge < -0.3 is 9.32 Å². The van der Waals surface area contributed by atoms with E-state index in [1.54, 1.807) is 0 Å². The largest absolute Gasteiger partial charge is 0.455 e. The van der Waals surface area contributed by atoms with Crippen LogP contribution in [-0.4, -0.2) is 51.2 Å². The van der Waals surface area contributed by atoms with E-state index < -0.39 is 0 Å². The molecule has 1 fully saturated rings. The number of aryl methyl sites for hydroxylation is 1. The van der Waals surface area contributed by atoms with Gasteiger partial charge in [0.2, 0.25) is 0 Å². The van der Waals surface area contributed by atoms with Crippen molar-refractivity contribution < 1.29 is 9.21 Å². The molecule has 1 saturated heterocycles. The van der Waals surface area contributed by atoms with Gasteiger partial charge in [-0.2, -0.15) is 5.10 Å². The number of likely N-dealkylation sites (tertiary alicyclic amines) is 1. The highest BCUT2D eigenvalue weighted by Gasteiger charge is 2.31. The van der Waals surface area contributed by atoms with Crippen molar-refractivity contribution in [2.75, 3.05) is 19.6 Å². The molecule has 2 aromatic rings. The molecule has 6 nitrogen and oxygen atoms in total. The van der Waals surface area contributed by atoms with Gasteiger partial charge in [-0.1, -0.05) is 13.8 Å². The summed E-state index contributed by atoms with van der Waals surface area (Å²) in [5, 5.41) is 4.35. The number of amides is 1. The van der Waals surface area contributed by atoms with Crippen molar-refractivity contribution in [1.82, 2.24) is 19.6 Å². The zero-order valence-electron chi connectivity index (χ0n) is 15.4. The Kier molecular flexibility index (Phi) is 5.58. The molecule has 1 aliphatic rings. The smallest absolute Gasteiger partial charge is 0.289 e. The molecule has 0 bridgehead atoms. The first-order valence-corrected chi connectivity index (χ1v) is 9.21. The van der Waals surface area contributed by atoms with Gasteiger partial charge in [0.05, 0.1) is 25.3 Å². The maximum Gasteiger partial charge on any atom is 0.289 e. The van der Waals surface area contributed by atoms with E-state index in [-0.39, 0.29) is 11.9 Å². The number of hydrogen-bond donors (Lipinski definition) is 0. The fraction of sp³-hybridized carbons (Fsp3) is 0.579. The van der Waals surface area contributed by atoms with Crippen molar-refractivity contribution in [2.45, 2.75) is 52.7 Å². The van der Waals surface area contributed by atoms with Gasteiger partial charge in [-0.25, -0.2) is 0 Å². The second kappa shape index (κ2) is 7.87. The van der Waals surface area contributed by atoms with Crippen LogP contribution in [0.4, 0.5) is 0 Å². The standard InChI is InChI=1S/C19H28N4O2/c1-4-21(5-2)14-17-8-9-18(25-17)19(24)23-10-6-7-16(23)13-22-12-15(3)11-20-22/h8-9,11-12,16H,4-7,10,13-14H2,1-3H3/t16-/m0/s1. The Morgan fingerprint density at radius 2 is 2.16 bits per heavy atom. The third kappa shape index (κ3) is 4.12. The molecule has 0 N–H and O–H groups in total. The molecule has 0 unspecified atom stereocenters. The molecule has 1 aliphatic heterocycles. The van der Waals surface area contributed by atoms with Gasteiger partial charge in [-0.05, 0) is 50.6 Å². The number of furan rings is 1. The predicted molar refractivity (Wildman–Crippen MR) is 96.4 cm³/mol. The third-order valence-corrected chi connectivity index (χ3v) is 4.94. The SMILES string of the molecule is CCN(CC)Cc1ccc(C(=O)N2CCC[C@H]2Cn2cc(C)cn2)o1. The topological polar surface area (TPSA) is 54.5 Å². The van der Waals surface area contributed by atoms with Crippen molar-refractivity contribution in [2.24, 2.45) is 0 Å².